The van der Waals surface area contributed by atoms with Crippen molar-refractivity contribution >= 4 is 28.3 Å². The molecule has 0 aliphatic carbocycles. The van der Waals surface area contributed by atoms with Gasteiger partial charge in [-0.15, -0.1) is 0 Å². The Labute approximate surface area is 125 Å². The van der Waals surface area contributed by atoms with Gasteiger partial charge in [-0.25, -0.2) is 4.79 Å². The van der Waals surface area contributed by atoms with Gasteiger partial charge < -0.3 is 14.8 Å². The van der Waals surface area contributed by atoms with E-state index in [-0.39, 0.29) is 5.69 Å². The summed E-state index contributed by atoms with van der Waals surface area (Å²) in [4.78, 5) is 14.4. The van der Waals surface area contributed by atoms with Crippen molar-refractivity contribution in [3.63, 3.8) is 0 Å². The van der Waals surface area contributed by atoms with Gasteiger partial charge in [-0.05, 0) is 35.9 Å². The standard InChI is InChI=1S/C16H12ClNO3/c1-21-11-6-7-12-13(8-11)15(16(19)20)18-14(12)9-2-4-10(17)5-3-9/h2-8,18H,1H3,(H,19,20). The number of carbonyl (C=O) groups is 1. The lowest BCUT2D eigenvalue weighted by molar-refractivity contribution is 0.0693. The van der Waals surface area contributed by atoms with E-state index in [1.54, 1.807) is 31.4 Å². The molecule has 3 rings (SSSR count). The highest BCUT2D eigenvalue weighted by Gasteiger charge is 2.17. The number of rotatable bonds is 3. The number of hydrogen-bond donors (Lipinski definition) is 2. The summed E-state index contributed by atoms with van der Waals surface area (Å²) >= 11 is 5.89. The summed E-state index contributed by atoms with van der Waals surface area (Å²) in [5, 5.41) is 11.4. The van der Waals surface area contributed by atoms with Crippen LogP contribution in [0, 0.1) is 0 Å². The molecule has 0 atom stereocenters. The summed E-state index contributed by atoms with van der Waals surface area (Å²) in [5.74, 6) is -0.389. The maximum absolute atomic E-state index is 11.4. The third-order valence-corrected chi connectivity index (χ3v) is 3.61. The van der Waals surface area contributed by atoms with Crippen molar-refractivity contribution in [2.75, 3.05) is 7.11 Å². The quantitative estimate of drug-likeness (QED) is 0.762. The van der Waals surface area contributed by atoms with Gasteiger partial charge in [0.1, 0.15) is 11.4 Å². The number of carboxylic acids is 1. The second-order valence-corrected chi connectivity index (χ2v) is 5.03. The molecule has 1 aromatic heterocycles. The van der Waals surface area contributed by atoms with E-state index < -0.39 is 5.97 Å². The van der Waals surface area contributed by atoms with Crippen LogP contribution in [0.25, 0.3) is 22.0 Å². The van der Waals surface area contributed by atoms with Crippen molar-refractivity contribution in [2.24, 2.45) is 0 Å². The Bertz CT molecular complexity index is 821. The minimum absolute atomic E-state index is 0.147. The summed E-state index contributed by atoms with van der Waals surface area (Å²) in [7, 11) is 1.55. The van der Waals surface area contributed by atoms with Crippen molar-refractivity contribution in [1.29, 1.82) is 0 Å². The molecule has 5 heteroatoms. The third kappa shape index (κ3) is 2.34. The fourth-order valence-electron chi connectivity index (χ4n) is 2.35. The van der Waals surface area contributed by atoms with E-state index >= 15 is 0 Å². The number of aromatic carboxylic acids is 1. The Morgan fingerprint density at radius 2 is 1.86 bits per heavy atom. The van der Waals surface area contributed by atoms with Crippen LogP contribution in [0.2, 0.25) is 5.02 Å². The molecule has 0 saturated heterocycles. The molecule has 2 N–H and O–H groups in total. The number of ether oxygens (including phenoxy) is 1. The van der Waals surface area contributed by atoms with Crippen LogP contribution in [-0.4, -0.2) is 23.2 Å². The van der Waals surface area contributed by atoms with Crippen molar-refractivity contribution in [2.45, 2.75) is 0 Å². The number of carboxylic acid groups (broad SMARTS) is 1. The number of benzene rings is 2. The van der Waals surface area contributed by atoms with Gasteiger partial charge in [0.25, 0.3) is 0 Å². The molecule has 0 fully saturated rings. The number of aromatic amines is 1. The highest BCUT2D eigenvalue weighted by Crippen LogP contribution is 2.33. The van der Waals surface area contributed by atoms with Crippen LogP contribution < -0.4 is 4.74 Å². The van der Waals surface area contributed by atoms with Crippen molar-refractivity contribution < 1.29 is 14.6 Å². The predicted octanol–water partition coefficient (Wildman–Crippen LogP) is 4.20. The van der Waals surface area contributed by atoms with E-state index in [4.69, 9.17) is 16.3 Å². The summed E-state index contributed by atoms with van der Waals surface area (Å²) in [6.07, 6.45) is 0. The molecule has 1 heterocycles. The number of methoxy groups -OCH3 is 1. The van der Waals surface area contributed by atoms with Crippen LogP contribution >= 0.6 is 11.6 Å². The number of H-pyrrole nitrogens is 1. The van der Waals surface area contributed by atoms with E-state index in [1.807, 2.05) is 18.2 Å². The number of aromatic nitrogens is 1. The molecule has 0 radical (unpaired) electrons. The van der Waals surface area contributed by atoms with E-state index in [2.05, 4.69) is 4.98 Å². The van der Waals surface area contributed by atoms with Crippen molar-refractivity contribution in [1.82, 2.24) is 4.98 Å². The smallest absolute Gasteiger partial charge is 0.352 e. The summed E-state index contributed by atoms with van der Waals surface area (Å²) in [5.41, 5.74) is 1.78. The van der Waals surface area contributed by atoms with Crippen LogP contribution in [-0.2, 0) is 0 Å². The maximum Gasteiger partial charge on any atom is 0.352 e. The Balaban J connectivity index is 2.28. The zero-order valence-corrected chi connectivity index (χ0v) is 11.9. The van der Waals surface area contributed by atoms with Crippen LogP contribution in [0.4, 0.5) is 0 Å². The summed E-state index contributed by atoms with van der Waals surface area (Å²) in [6, 6.07) is 12.6. The van der Waals surface area contributed by atoms with Gasteiger partial charge in [0.05, 0.1) is 12.8 Å². The van der Waals surface area contributed by atoms with Gasteiger partial charge in [-0.2, -0.15) is 0 Å². The molecule has 106 valence electrons. The van der Waals surface area contributed by atoms with Crippen molar-refractivity contribution in [3.8, 4) is 17.0 Å². The van der Waals surface area contributed by atoms with Crippen LogP contribution in [0.3, 0.4) is 0 Å². The van der Waals surface area contributed by atoms with Crippen LogP contribution in [0.5, 0.6) is 5.75 Å². The first kappa shape index (κ1) is 13.5. The molecule has 21 heavy (non-hydrogen) atoms. The second kappa shape index (κ2) is 5.14. The first-order valence-corrected chi connectivity index (χ1v) is 6.67. The summed E-state index contributed by atoms with van der Waals surface area (Å²) in [6.45, 7) is 0. The Kier molecular flexibility index (Phi) is 3.31. The van der Waals surface area contributed by atoms with Gasteiger partial charge in [0.2, 0.25) is 0 Å². The molecule has 0 aliphatic heterocycles. The zero-order chi connectivity index (χ0) is 15.0. The SMILES string of the molecule is COc1ccc2c(-c3ccc(Cl)cc3)[nH]c(C(=O)O)c2c1. The first-order valence-electron chi connectivity index (χ1n) is 6.29. The lowest BCUT2D eigenvalue weighted by Gasteiger charge is -2.02. The molecular weight excluding hydrogens is 290 g/mol. The van der Waals surface area contributed by atoms with Gasteiger partial charge in [-0.3, -0.25) is 0 Å². The Morgan fingerprint density at radius 3 is 2.48 bits per heavy atom. The van der Waals surface area contributed by atoms with E-state index in [0.717, 1.165) is 16.6 Å². The molecule has 0 bridgehead atoms. The minimum atomic E-state index is -1.01. The molecule has 0 saturated carbocycles. The fourth-order valence-corrected chi connectivity index (χ4v) is 2.47. The van der Waals surface area contributed by atoms with Gasteiger partial charge in [0, 0.05) is 15.8 Å². The number of hydrogen-bond acceptors (Lipinski definition) is 2. The van der Waals surface area contributed by atoms with Gasteiger partial charge in [-0.1, -0.05) is 23.7 Å². The molecule has 0 aliphatic rings. The zero-order valence-electron chi connectivity index (χ0n) is 11.2. The molecule has 4 nitrogen and oxygen atoms in total. The Morgan fingerprint density at radius 1 is 1.14 bits per heavy atom. The monoisotopic (exact) mass is 301 g/mol. The largest absolute Gasteiger partial charge is 0.497 e. The van der Waals surface area contributed by atoms with E-state index in [9.17, 15) is 9.90 Å². The molecule has 0 amide bonds. The normalized spacial score (nSPS) is 10.8. The Hall–Kier alpha value is -2.46. The fraction of sp³-hybridized carbons (Fsp3) is 0.0625. The topological polar surface area (TPSA) is 62.3 Å². The third-order valence-electron chi connectivity index (χ3n) is 3.36. The van der Waals surface area contributed by atoms with Gasteiger partial charge >= 0.3 is 5.97 Å². The maximum atomic E-state index is 11.4. The molecule has 0 unspecified atom stereocenters. The molecule has 0 spiro atoms. The van der Waals surface area contributed by atoms with E-state index in [1.165, 1.54) is 0 Å². The van der Waals surface area contributed by atoms with Crippen molar-refractivity contribution in [3.05, 3.63) is 53.2 Å². The average molecular weight is 302 g/mol. The second-order valence-electron chi connectivity index (χ2n) is 4.60. The average Bonchev–Trinajstić information content (AvgIpc) is 2.87. The highest BCUT2D eigenvalue weighted by atomic mass is 35.5. The predicted molar refractivity (Wildman–Crippen MR) is 82.3 cm³/mol. The van der Waals surface area contributed by atoms with Gasteiger partial charge in [0.15, 0.2) is 0 Å². The molecular formula is C16H12ClNO3. The first-order chi connectivity index (χ1) is 10.1. The minimum Gasteiger partial charge on any atom is -0.497 e. The summed E-state index contributed by atoms with van der Waals surface area (Å²) < 4.78 is 5.16. The number of nitrogens with one attached hydrogen (secondary N) is 1. The highest BCUT2D eigenvalue weighted by molar-refractivity contribution is 6.30. The number of halogens is 1. The van der Waals surface area contributed by atoms with Crippen LogP contribution in [0.15, 0.2) is 42.5 Å². The van der Waals surface area contributed by atoms with Crippen LogP contribution in [0.1, 0.15) is 10.5 Å². The molecule has 2 aromatic carbocycles. The number of fused-ring (bicyclic) bond motifs is 1. The lowest BCUT2D eigenvalue weighted by atomic mass is 10.1. The lowest BCUT2D eigenvalue weighted by Crippen LogP contribution is -1.97. The molecule has 3 aromatic rings. The van der Waals surface area contributed by atoms with E-state index in [0.29, 0.717) is 16.2 Å².